The van der Waals surface area contributed by atoms with Crippen LogP contribution in [-0.2, 0) is 27.4 Å². The number of nitrogens with one attached hydrogen (secondary N) is 1. The summed E-state index contributed by atoms with van der Waals surface area (Å²) >= 11 is 0. The van der Waals surface area contributed by atoms with E-state index in [1.165, 1.54) is 9.47 Å². The molecule has 0 atom stereocenters. The first-order valence-corrected chi connectivity index (χ1v) is 11.1. The number of anilines is 2. The van der Waals surface area contributed by atoms with Gasteiger partial charge in [-0.05, 0) is 43.3 Å². The largest absolute Gasteiger partial charge is 0.378 e. The molecule has 0 radical (unpaired) electrons. The van der Waals surface area contributed by atoms with E-state index in [0.29, 0.717) is 31.0 Å². The number of benzene rings is 2. The van der Waals surface area contributed by atoms with Crippen molar-refractivity contribution in [3.05, 3.63) is 59.0 Å². The minimum atomic E-state index is -0.311. The molecule has 3 aromatic rings. The minimum absolute atomic E-state index is 0.106. The van der Waals surface area contributed by atoms with Gasteiger partial charge in [0.2, 0.25) is 11.8 Å². The number of morpholine rings is 1. The fourth-order valence-corrected chi connectivity index (χ4v) is 4.07. The van der Waals surface area contributed by atoms with Crippen molar-refractivity contribution in [2.45, 2.75) is 20.0 Å². The molecular formula is C24H29N5O4. The molecule has 0 spiro atoms. The lowest BCUT2D eigenvalue weighted by atomic mass is 10.2. The van der Waals surface area contributed by atoms with Crippen molar-refractivity contribution >= 4 is 34.2 Å². The van der Waals surface area contributed by atoms with Crippen LogP contribution in [0.4, 0.5) is 11.4 Å². The summed E-state index contributed by atoms with van der Waals surface area (Å²) in [4.78, 5) is 41.6. The van der Waals surface area contributed by atoms with E-state index in [0.717, 1.165) is 24.3 Å². The number of imidazole rings is 1. The number of amides is 2. The van der Waals surface area contributed by atoms with Gasteiger partial charge in [-0.3, -0.25) is 18.7 Å². The van der Waals surface area contributed by atoms with Crippen LogP contribution in [0.1, 0.15) is 6.92 Å². The van der Waals surface area contributed by atoms with Crippen molar-refractivity contribution < 1.29 is 14.3 Å². The molecule has 1 aromatic heterocycles. The van der Waals surface area contributed by atoms with Crippen LogP contribution in [0.2, 0.25) is 0 Å². The summed E-state index contributed by atoms with van der Waals surface area (Å²) < 4.78 is 8.47. The topological polar surface area (TPSA) is 88.8 Å². The first-order chi connectivity index (χ1) is 16.0. The van der Waals surface area contributed by atoms with Gasteiger partial charge in [-0.25, -0.2) is 4.79 Å². The third-order valence-corrected chi connectivity index (χ3v) is 5.87. The Morgan fingerprint density at radius 3 is 2.27 bits per heavy atom. The number of fused-ring (bicyclic) bond motifs is 1. The normalized spacial score (nSPS) is 13.8. The summed E-state index contributed by atoms with van der Waals surface area (Å²) in [6.07, 6.45) is 0. The van der Waals surface area contributed by atoms with Gasteiger partial charge in [0.25, 0.3) is 0 Å². The summed E-state index contributed by atoms with van der Waals surface area (Å²) in [5.74, 6) is -0.609. The minimum Gasteiger partial charge on any atom is -0.378 e. The summed E-state index contributed by atoms with van der Waals surface area (Å²) in [7, 11) is 1.56. The number of hydrogen-bond acceptors (Lipinski definition) is 5. The lowest BCUT2D eigenvalue weighted by molar-refractivity contribution is -0.133. The molecule has 0 saturated carbocycles. The Labute approximate surface area is 192 Å². The Hall–Kier alpha value is -3.59. The summed E-state index contributed by atoms with van der Waals surface area (Å²) in [5.41, 5.74) is 3.01. The van der Waals surface area contributed by atoms with Crippen molar-refractivity contribution in [2.75, 3.05) is 50.1 Å². The number of likely N-dealkylation sites (N-methyl/N-ethyl adjacent to an activating group) is 1. The summed E-state index contributed by atoms with van der Waals surface area (Å²) in [6, 6.07) is 15.0. The molecule has 33 heavy (non-hydrogen) atoms. The average Bonchev–Trinajstić information content (AvgIpc) is 3.10. The van der Waals surface area contributed by atoms with Crippen LogP contribution >= 0.6 is 0 Å². The zero-order valence-corrected chi connectivity index (χ0v) is 19.0. The molecule has 1 aliphatic heterocycles. The van der Waals surface area contributed by atoms with Crippen molar-refractivity contribution in [1.82, 2.24) is 14.0 Å². The Morgan fingerprint density at radius 2 is 1.64 bits per heavy atom. The van der Waals surface area contributed by atoms with Crippen LogP contribution < -0.4 is 15.9 Å². The van der Waals surface area contributed by atoms with E-state index >= 15 is 0 Å². The monoisotopic (exact) mass is 451 g/mol. The molecule has 9 nitrogen and oxygen atoms in total. The Morgan fingerprint density at radius 1 is 1.00 bits per heavy atom. The molecule has 0 bridgehead atoms. The SMILES string of the molecule is CCn1c(=O)n(CC(=O)N(C)CC(=O)Nc2ccc(N3CCOCC3)cc2)c2ccccc21. The Balaban J connectivity index is 1.36. The molecule has 1 fully saturated rings. The number of ether oxygens (including phenoxy) is 1. The zero-order chi connectivity index (χ0) is 23.4. The van der Waals surface area contributed by atoms with Crippen LogP contribution in [0.3, 0.4) is 0 Å². The number of hydrogen-bond donors (Lipinski definition) is 1. The van der Waals surface area contributed by atoms with Gasteiger partial charge in [-0.2, -0.15) is 0 Å². The molecular weight excluding hydrogens is 422 g/mol. The number of nitrogens with zero attached hydrogens (tertiary/aromatic N) is 4. The van der Waals surface area contributed by atoms with Gasteiger partial charge in [0.05, 0.1) is 30.8 Å². The predicted octanol–water partition coefficient (Wildman–Crippen LogP) is 1.76. The summed E-state index contributed by atoms with van der Waals surface area (Å²) in [6.45, 7) is 5.30. The van der Waals surface area contributed by atoms with Crippen LogP contribution in [-0.4, -0.2) is 65.7 Å². The van der Waals surface area contributed by atoms with E-state index in [4.69, 9.17) is 4.74 Å². The molecule has 4 rings (SSSR count). The zero-order valence-electron chi connectivity index (χ0n) is 19.0. The van der Waals surface area contributed by atoms with E-state index in [1.54, 1.807) is 11.6 Å². The first kappa shape index (κ1) is 22.6. The maximum Gasteiger partial charge on any atom is 0.329 e. The van der Waals surface area contributed by atoms with Crippen molar-refractivity contribution in [3.8, 4) is 0 Å². The maximum absolute atomic E-state index is 12.8. The number of rotatable bonds is 7. The van der Waals surface area contributed by atoms with Gasteiger partial charge in [-0.1, -0.05) is 12.1 Å². The number of carbonyl (C=O) groups excluding carboxylic acids is 2. The molecule has 2 aromatic carbocycles. The van der Waals surface area contributed by atoms with E-state index in [1.807, 2.05) is 55.5 Å². The smallest absolute Gasteiger partial charge is 0.329 e. The molecule has 1 aliphatic rings. The van der Waals surface area contributed by atoms with Gasteiger partial charge in [0.1, 0.15) is 6.54 Å². The van der Waals surface area contributed by atoms with E-state index < -0.39 is 0 Å². The standard InChI is InChI=1S/C24H29N5O4/c1-3-28-20-6-4-5-7-21(20)29(24(28)32)17-23(31)26(2)16-22(30)25-18-8-10-19(11-9-18)27-12-14-33-15-13-27/h4-11H,3,12-17H2,1-2H3,(H,25,30). The fourth-order valence-electron chi connectivity index (χ4n) is 4.07. The summed E-state index contributed by atoms with van der Waals surface area (Å²) in [5, 5.41) is 2.83. The molecule has 2 amide bonds. The number of para-hydroxylation sites is 2. The third-order valence-electron chi connectivity index (χ3n) is 5.87. The second-order valence-corrected chi connectivity index (χ2v) is 8.05. The average molecular weight is 452 g/mol. The maximum atomic E-state index is 12.8. The van der Waals surface area contributed by atoms with Crippen LogP contribution in [0.15, 0.2) is 53.3 Å². The molecule has 0 unspecified atom stereocenters. The third kappa shape index (κ3) is 4.93. The number of carbonyl (C=O) groups is 2. The van der Waals surface area contributed by atoms with E-state index in [9.17, 15) is 14.4 Å². The van der Waals surface area contributed by atoms with Crippen LogP contribution in [0, 0.1) is 0 Å². The highest BCUT2D eigenvalue weighted by Gasteiger charge is 2.18. The fraction of sp³-hybridized carbons (Fsp3) is 0.375. The molecule has 9 heteroatoms. The predicted molar refractivity (Wildman–Crippen MR) is 128 cm³/mol. The van der Waals surface area contributed by atoms with Crippen LogP contribution in [0.5, 0.6) is 0 Å². The second-order valence-electron chi connectivity index (χ2n) is 8.05. The van der Waals surface area contributed by atoms with Gasteiger partial charge < -0.3 is 19.9 Å². The Bertz CT molecular complexity index is 1190. The van der Waals surface area contributed by atoms with Gasteiger partial charge in [-0.15, -0.1) is 0 Å². The van der Waals surface area contributed by atoms with Crippen molar-refractivity contribution in [1.29, 1.82) is 0 Å². The van der Waals surface area contributed by atoms with Gasteiger partial charge in [0.15, 0.2) is 0 Å². The van der Waals surface area contributed by atoms with E-state index in [-0.39, 0.29) is 30.6 Å². The van der Waals surface area contributed by atoms with Crippen LogP contribution in [0.25, 0.3) is 11.0 Å². The molecule has 174 valence electrons. The quantitative estimate of drug-likeness (QED) is 0.591. The number of aryl methyl sites for hydroxylation is 1. The van der Waals surface area contributed by atoms with Gasteiger partial charge >= 0.3 is 5.69 Å². The molecule has 2 heterocycles. The lowest BCUT2D eigenvalue weighted by Gasteiger charge is -2.28. The molecule has 1 saturated heterocycles. The molecule has 0 aliphatic carbocycles. The highest BCUT2D eigenvalue weighted by atomic mass is 16.5. The Kier molecular flexibility index (Phi) is 6.79. The van der Waals surface area contributed by atoms with Gasteiger partial charge in [0, 0.05) is 38.1 Å². The second kappa shape index (κ2) is 9.91. The van der Waals surface area contributed by atoms with E-state index in [2.05, 4.69) is 10.2 Å². The van der Waals surface area contributed by atoms with Crippen molar-refractivity contribution in [2.24, 2.45) is 0 Å². The first-order valence-electron chi connectivity index (χ1n) is 11.1. The molecule has 1 N–H and O–H groups in total. The number of aromatic nitrogens is 2. The highest BCUT2D eigenvalue weighted by Crippen LogP contribution is 2.19. The highest BCUT2D eigenvalue weighted by molar-refractivity contribution is 5.94. The van der Waals surface area contributed by atoms with Crippen molar-refractivity contribution in [3.63, 3.8) is 0 Å². The lowest BCUT2D eigenvalue weighted by Crippen LogP contribution is -2.38.